The van der Waals surface area contributed by atoms with Crippen molar-refractivity contribution in [2.75, 3.05) is 5.32 Å². The van der Waals surface area contributed by atoms with Gasteiger partial charge in [0.1, 0.15) is 34.6 Å². The molecule has 3 atom stereocenters. The van der Waals surface area contributed by atoms with Crippen molar-refractivity contribution in [1.29, 1.82) is 5.26 Å². The smallest absolute Gasteiger partial charge is 0.428 e. The highest BCUT2D eigenvalue weighted by molar-refractivity contribution is 6.02. The summed E-state index contributed by atoms with van der Waals surface area (Å²) in [5.74, 6) is -2.53. The molecule has 1 aliphatic heterocycles. The van der Waals surface area contributed by atoms with Gasteiger partial charge in [0.15, 0.2) is 6.17 Å². The molecule has 0 bridgehead atoms. The predicted molar refractivity (Wildman–Crippen MR) is 103 cm³/mol. The van der Waals surface area contributed by atoms with Gasteiger partial charge in [0, 0.05) is 6.20 Å². The summed E-state index contributed by atoms with van der Waals surface area (Å²) < 4.78 is 74.1. The number of aliphatic imine (C=N–C) groups is 1. The van der Waals surface area contributed by atoms with E-state index in [1.165, 1.54) is 17.4 Å². The molecule has 0 aromatic carbocycles. The standard InChI is InChI=1S/C19H13F5N6O4/c1-18(12(21)14(19(22,23)24)34-16(30-18)29-17(32)33)13-9(20)3-5-11(27-13)28-15(31)10-4-2-8(6-25)7-26-10/h2-5,7,12,14H,1H3,(H,29,30)(H,32,33)(H,27,28,31)/t12-,14+,18-/m0/s1. The van der Waals surface area contributed by atoms with E-state index in [9.17, 15) is 27.2 Å². The Morgan fingerprint density at radius 2 is 1.94 bits per heavy atom. The molecule has 0 aliphatic carbocycles. The quantitative estimate of drug-likeness (QED) is 0.567. The van der Waals surface area contributed by atoms with Crippen LogP contribution in [0.5, 0.6) is 0 Å². The third-order valence-electron chi connectivity index (χ3n) is 4.60. The van der Waals surface area contributed by atoms with Gasteiger partial charge in [-0.1, -0.05) is 0 Å². The van der Waals surface area contributed by atoms with Crippen molar-refractivity contribution >= 4 is 23.8 Å². The highest BCUT2D eigenvalue weighted by Crippen LogP contribution is 2.42. The van der Waals surface area contributed by atoms with E-state index in [0.29, 0.717) is 6.07 Å². The second-order valence-electron chi connectivity index (χ2n) is 7.00. The molecule has 2 amide bonds. The minimum absolute atomic E-state index is 0.169. The number of nitrogens with one attached hydrogen (secondary N) is 2. The van der Waals surface area contributed by atoms with E-state index in [1.807, 2.05) is 0 Å². The molecule has 0 unspecified atom stereocenters. The number of anilines is 1. The van der Waals surface area contributed by atoms with Crippen molar-refractivity contribution in [1.82, 2.24) is 15.3 Å². The van der Waals surface area contributed by atoms with Gasteiger partial charge in [-0.3, -0.25) is 4.79 Å². The van der Waals surface area contributed by atoms with Crippen LogP contribution in [0.15, 0.2) is 35.5 Å². The first kappa shape index (κ1) is 24.3. The zero-order valence-electron chi connectivity index (χ0n) is 16.9. The number of halogens is 5. The third kappa shape index (κ3) is 4.85. The van der Waals surface area contributed by atoms with Crippen molar-refractivity contribution in [2.24, 2.45) is 4.99 Å². The number of carboxylic acid groups (broad SMARTS) is 1. The molecule has 3 N–H and O–H groups in total. The molecule has 0 saturated heterocycles. The second-order valence-corrected chi connectivity index (χ2v) is 7.00. The molecular weight excluding hydrogens is 471 g/mol. The summed E-state index contributed by atoms with van der Waals surface area (Å²) in [7, 11) is 0. The molecule has 3 heterocycles. The summed E-state index contributed by atoms with van der Waals surface area (Å²) >= 11 is 0. The lowest BCUT2D eigenvalue weighted by Crippen LogP contribution is -2.56. The maximum atomic E-state index is 15.0. The number of hydrogen-bond acceptors (Lipinski definition) is 7. The van der Waals surface area contributed by atoms with Crippen molar-refractivity contribution in [2.45, 2.75) is 30.9 Å². The number of aromatic nitrogens is 2. The van der Waals surface area contributed by atoms with Crippen molar-refractivity contribution in [3.8, 4) is 6.07 Å². The van der Waals surface area contributed by atoms with E-state index in [-0.39, 0.29) is 17.1 Å². The van der Waals surface area contributed by atoms with Gasteiger partial charge in [-0.15, -0.1) is 0 Å². The number of hydrogen-bond donors (Lipinski definition) is 3. The summed E-state index contributed by atoms with van der Waals surface area (Å²) in [6, 6.07) is 4.75. The van der Waals surface area contributed by atoms with E-state index in [2.05, 4.69) is 25.0 Å². The molecule has 15 heteroatoms. The Labute approximate surface area is 187 Å². The number of amides is 2. The number of amidine groups is 1. The Morgan fingerprint density at radius 1 is 1.24 bits per heavy atom. The van der Waals surface area contributed by atoms with Crippen LogP contribution in [0.4, 0.5) is 32.6 Å². The maximum absolute atomic E-state index is 15.0. The van der Waals surface area contributed by atoms with E-state index in [1.54, 1.807) is 6.07 Å². The second kappa shape index (κ2) is 8.89. The van der Waals surface area contributed by atoms with Gasteiger partial charge in [0.25, 0.3) is 11.9 Å². The van der Waals surface area contributed by atoms with Gasteiger partial charge in [0.05, 0.1) is 5.56 Å². The maximum Gasteiger partial charge on any atom is 0.428 e. The van der Waals surface area contributed by atoms with Crippen molar-refractivity contribution in [3.63, 3.8) is 0 Å². The fourth-order valence-corrected chi connectivity index (χ4v) is 2.98. The van der Waals surface area contributed by atoms with Gasteiger partial charge in [-0.25, -0.2) is 33.9 Å². The van der Waals surface area contributed by atoms with Gasteiger partial charge < -0.3 is 15.2 Å². The summed E-state index contributed by atoms with van der Waals surface area (Å²) in [6.07, 6.45) is -12.3. The fourth-order valence-electron chi connectivity index (χ4n) is 2.98. The van der Waals surface area contributed by atoms with E-state index >= 15 is 4.39 Å². The van der Waals surface area contributed by atoms with Gasteiger partial charge >= 0.3 is 12.3 Å². The SMILES string of the molecule is C[C@]1(c2nc(NC(=O)c3ccc(C#N)cn3)ccc2F)N=C(NC(=O)O)O[C@@H](C(F)(F)F)[C@@H]1F. The summed E-state index contributed by atoms with van der Waals surface area (Å²) in [4.78, 5) is 34.2. The Morgan fingerprint density at radius 3 is 2.50 bits per heavy atom. The Hall–Kier alpha value is -4.35. The van der Waals surface area contributed by atoms with Crippen LogP contribution in [0.25, 0.3) is 0 Å². The summed E-state index contributed by atoms with van der Waals surface area (Å²) in [5.41, 5.74) is -3.65. The number of rotatable bonds is 3. The zero-order valence-corrected chi connectivity index (χ0v) is 16.9. The molecule has 178 valence electrons. The minimum atomic E-state index is -5.31. The summed E-state index contributed by atoms with van der Waals surface area (Å²) in [5, 5.41) is 21.2. The monoisotopic (exact) mass is 484 g/mol. The number of ether oxygens (including phenoxy) is 1. The van der Waals surface area contributed by atoms with Crippen molar-refractivity contribution < 1.29 is 41.4 Å². The number of carbonyl (C=O) groups is 2. The fraction of sp³-hybridized carbons (Fsp3) is 0.263. The molecule has 34 heavy (non-hydrogen) atoms. The molecule has 0 saturated carbocycles. The molecule has 0 fully saturated rings. The molecule has 1 aliphatic rings. The molecule has 3 rings (SSSR count). The molecule has 2 aromatic rings. The van der Waals surface area contributed by atoms with Crippen molar-refractivity contribution in [3.05, 3.63) is 53.2 Å². The average molecular weight is 484 g/mol. The van der Waals surface area contributed by atoms with Crippen LogP contribution in [0.1, 0.15) is 28.7 Å². The third-order valence-corrected chi connectivity index (χ3v) is 4.60. The Bertz CT molecular complexity index is 1200. The lowest BCUT2D eigenvalue weighted by molar-refractivity contribution is -0.228. The molecule has 0 radical (unpaired) electrons. The van der Waals surface area contributed by atoms with Crippen LogP contribution in [0, 0.1) is 17.1 Å². The zero-order chi connectivity index (χ0) is 25.3. The molecular formula is C19H13F5N6O4. The minimum Gasteiger partial charge on any atom is -0.465 e. The average Bonchev–Trinajstić information content (AvgIpc) is 2.76. The Balaban J connectivity index is 2.01. The lowest BCUT2D eigenvalue weighted by Gasteiger charge is -2.38. The Kier molecular flexibility index (Phi) is 6.35. The van der Waals surface area contributed by atoms with Crippen LogP contribution in [0.2, 0.25) is 0 Å². The number of pyridine rings is 2. The van der Waals surface area contributed by atoms with Crippen LogP contribution < -0.4 is 10.6 Å². The normalized spacial score (nSPS) is 22.1. The van der Waals surface area contributed by atoms with Crippen LogP contribution in [0.3, 0.4) is 0 Å². The molecule has 0 spiro atoms. The first-order chi connectivity index (χ1) is 15.8. The van der Waals surface area contributed by atoms with Gasteiger partial charge in [-0.05, 0) is 31.2 Å². The van der Waals surface area contributed by atoms with E-state index < -0.39 is 53.5 Å². The first-order valence-electron chi connectivity index (χ1n) is 9.17. The number of carbonyl (C=O) groups excluding carboxylic acids is 1. The highest BCUT2D eigenvalue weighted by atomic mass is 19.4. The molecule has 10 nitrogen and oxygen atoms in total. The largest absolute Gasteiger partial charge is 0.465 e. The van der Waals surface area contributed by atoms with Crippen LogP contribution in [-0.2, 0) is 10.3 Å². The number of alkyl halides is 4. The number of nitriles is 1. The van der Waals surface area contributed by atoms with Crippen LogP contribution in [-0.4, -0.2) is 51.5 Å². The lowest BCUT2D eigenvalue weighted by atomic mass is 9.87. The van der Waals surface area contributed by atoms with E-state index in [0.717, 1.165) is 19.2 Å². The highest BCUT2D eigenvalue weighted by Gasteiger charge is 2.59. The first-order valence-corrected chi connectivity index (χ1v) is 9.17. The summed E-state index contributed by atoms with van der Waals surface area (Å²) in [6.45, 7) is 0.766. The van der Waals surface area contributed by atoms with Gasteiger partial charge in [0.2, 0.25) is 6.10 Å². The van der Waals surface area contributed by atoms with E-state index in [4.69, 9.17) is 10.4 Å². The predicted octanol–water partition coefficient (Wildman–Crippen LogP) is 2.88. The topological polar surface area (TPSA) is 150 Å². The number of nitrogens with zero attached hydrogens (tertiary/aromatic N) is 4. The van der Waals surface area contributed by atoms with Crippen LogP contribution >= 0.6 is 0 Å². The van der Waals surface area contributed by atoms with Gasteiger partial charge in [-0.2, -0.15) is 18.4 Å². The molecule has 2 aromatic heterocycles.